The Morgan fingerprint density at radius 1 is 1.00 bits per heavy atom. The zero-order valence-electron chi connectivity index (χ0n) is 17.8. The Hall–Kier alpha value is -3.00. The van der Waals surface area contributed by atoms with Gasteiger partial charge in [0.2, 0.25) is 0 Å². The van der Waals surface area contributed by atoms with Crippen LogP contribution in [-0.2, 0) is 22.1 Å². The molecule has 1 N–H and O–H groups in total. The van der Waals surface area contributed by atoms with Crippen LogP contribution >= 0.6 is 22.9 Å². The summed E-state index contributed by atoms with van der Waals surface area (Å²) in [5.41, 5.74) is 2.80. The summed E-state index contributed by atoms with van der Waals surface area (Å²) in [4.78, 5) is 18.7. The van der Waals surface area contributed by atoms with Crippen molar-refractivity contribution in [2.75, 3.05) is 0 Å². The zero-order valence-corrected chi connectivity index (χ0v) is 20.2. The second kappa shape index (κ2) is 9.87. The van der Waals surface area contributed by atoms with Crippen molar-refractivity contribution in [2.24, 2.45) is 0 Å². The molecule has 4 aromatic rings. The topological polar surface area (TPSA) is 76.1 Å². The predicted octanol–water partition coefficient (Wildman–Crippen LogP) is 5.68. The van der Waals surface area contributed by atoms with E-state index in [0.717, 1.165) is 21.1 Å². The quantitative estimate of drug-likeness (QED) is 0.357. The summed E-state index contributed by atoms with van der Waals surface area (Å²) in [6.45, 7) is 2.27. The monoisotopic (exact) mass is 496 g/mol. The molecule has 0 saturated carbocycles. The zero-order chi connectivity index (χ0) is 23.4. The number of amides is 1. The number of nitrogens with zero attached hydrogens (tertiary/aromatic N) is 1. The van der Waals surface area contributed by atoms with E-state index in [2.05, 4.69) is 10.3 Å². The molecule has 4 rings (SSSR count). The summed E-state index contributed by atoms with van der Waals surface area (Å²) in [7, 11) is -3.49. The molecule has 33 heavy (non-hydrogen) atoms. The van der Waals surface area contributed by atoms with Crippen molar-refractivity contribution in [2.45, 2.75) is 24.1 Å². The summed E-state index contributed by atoms with van der Waals surface area (Å²) in [6.07, 6.45) is 0. The molecule has 0 radical (unpaired) electrons. The third kappa shape index (κ3) is 5.68. The van der Waals surface area contributed by atoms with E-state index >= 15 is 0 Å². The number of nitrogens with one attached hydrogen (secondary N) is 1. The Balaban J connectivity index is 1.43. The van der Waals surface area contributed by atoms with Crippen molar-refractivity contribution in [3.63, 3.8) is 0 Å². The molecule has 3 aromatic carbocycles. The Labute approximate surface area is 202 Å². The van der Waals surface area contributed by atoms with E-state index in [1.165, 1.54) is 11.3 Å². The van der Waals surface area contributed by atoms with Crippen molar-refractivity contribution in [1.82, 2.24) is 10.3 Å². The summed E-state index contributed by atoms with van der Waals surface area (Å²) in [5.74, 6) is -0.455. The van der Waals surface area contributed by atoms with Crippen molar-refractivity contribution >= 4 is 38.7 Å². The maximum atomic E-state index is 12.7. The predicted molar refractivity (Wildman–Crippen MR) is 132 cm³/mol. The molecule has 168 valence electrons. The lowest BCUT2D eigenvalue weighted by Gasteiger charge is -2.07. The van der Waals surface area contributed by atoms with E-state index in [1.807, 2.05) is 31.2 Å². The molecule has 0 fully saturated rings. The third-order valence-corrected chi connectivity index (χ3v) is 7.93. The highest BCUT2D eigenvalue weighted by Crippen LogP contribution is 2.28. The van der Waals surface area contributed by atoms with Crippen LogP contribution in [0.1, 0.15) is 25.8 Å². The summed E-state index contributed by atoms with van der Waals surface area (Å²) in [6, 6.07) is 22.4. The number of aryl methyl sites for hydroxylation is 1. The van der Waals surface area contributed by atoms with E-state index < -0.39 is 9.84 Å². The summed E-state index contributed by atoms with van der Waals surface area (Å²) in [5, 5.41) is 4.33. The number of aromatic nitrogens is 1. The number of sulfone groups is 1. The van der Waals surface area contributed by atoms with Gasteiger partial charge in [-0.1, -0.05) is 54.1 Å². The smallest absolute Gasteiger partial charge is 0.251 e. The molecular formula is C25H21ClN2O3S2. The minimum Gasteiger partial charge on any atom is -0.346 e. The first-order valence-corrected chi connectivity index (χ1v) is 13.0. The van der Waals surface area contributed by atoms with E-state index in [4.69, 9.17) is 11.6 Å². The fourth-order valence-corrected chi connectivity index (χ4v) is 5.77. The van der Waals surface area contributed by atoms with Gasteiger partial charge in [0.25, 0.3) is 5.91 Å². The fourth-order valence-electron chi connectivity index (χ4n) is 3.39. The van der Waals surface area contributed by atoms with Crippen LogP contribution in [0, 0.1) is 6.92 Å². The molecule has 0 aliphatic carbocycles. The Bertz CT molecular complexity index is 1380. The number of carbonyl (C=O) groups is 1. The second-order valence-corrected chi connectivity index (χ2v) is 11.2. The third-order valence-electron chi connectivity index (χ3n) is 5.01. The van der Waals surface area contributed by atoms with Gasteiger partial charge in [-0.2, -0.15) is 0 Å². The lowest BCUT2D eigenvalue weighted by atomic mass is 10.1. The van der Waals surface area contributed by atoms with Gasteiger partial charge in [-0.3, -0.25) is 4.79 Å². The van der Waals surface area contributed by atoms with Crippen molar-refractivity contribution < 1.29 is 13.2 Å². The molecule has 1 aromatic heterocycles. The van der Waals surface area contributed by atoms with Gasteiger partial charge < -0.3 is 5.32 Å². The average molecular weight is 497 g/mol. The molecule has 0 unspecified atom stereocenters. The molecule has 0 aliphatic rings. The first kappa shape index (κ1) is 23.2. The molecule has 0 aliphatic heterocycles. The van der Waals surface area contributed by atoms with Crippen LogP contribution in [0.2, 0.25) is 5.02 Å². The van der Waals surface area contributed by atoms with Gasteiger partial charge in [0.05, 0.1) is 22.9 Å². The standard InChI is InChI=1S/C25H21ClN2O3S2/c1-17-24(19-10-12-21(26)13-11-19)28-23(32-17)15-27-25(29)20-7-5-6-18(14-20)16-33(30,31)22-8-3-2-4-9-22/h2-14H,15-16H2,1H3,(H,27,29). The van der Waals surface area contributed by atoms with E-state index in [9.17, 15) is 13.2 Å². The van der Waals surface area contributed by atoms with Crippen LogP contribution in [0.5, 0.6) is 0 Å². The lowest BCUT2D eigenvalue weighted by Crippen LogP contribution is -2.22. The van der Waals surface area contributed by atoms with Crippen LogP contribution in [0.15, 0.2) is 83.8 Å². The van der Waals surface area contributed by atoms with Gasteiger partial charge in [0, 0.05) is 21.0 Å². The number of halogens is 1. The molecule has 1 amide bonds. The van der Waals surface area contributed by atoms with E-state index in [0.29, 0.717) is 16.1 Å². The van der Waals surface area contributed by atoms with Gasteiger partial charge in [0.15, 0.2) is 9.84 Å². The highest BCUT2D eigenvalue weighted by Gasteiger charge is 2.16. The number of thiazole rings is 1. The van der Waals surface area contributed by atoms with Crippen molar-refractivity contribution in [3.05, 3.63) is 105 Å². The molecule has 0 atom stereocenters. The van der Waals surface area contributed by atoms with Gasteiger partial charge in [0.1, 0.15) is 5.01 Å². The normalized spacial score (nSPS) is 11.3. The maximum absolute atomic E-state index is 12.7. The molecular weight excluding hydrogens is 476 g/mol. The molecule has 0 bridgehead atoms. The van der Waals surface area contributed by atoms with Crippen LogP contribution in [0.4, 0.5) is 0 Å². The highest BCUT2D eigenvalue weighted by atomic mass is 35.5. The lowest BCUT2D eigenvalue weighted by molar-refractivity contribution is 0.0950. The molecule has 8 heteroatoms. The van der Waals surface area contributed by atoms with Crippen molar-refractivity contribution in [1.29, 1.82) is 0 Å². The summed E-state index contributed by atoms with van der Waals surface area (Å²) < 4.78 is 25.3. The highest BCUT2D eigenvalue weighted by molar-refractivity contribution is 7.90. The number of hydrogen-bond acceptors (Lipinski definition) is 5. The van der Waals surface area contributed by atoms with Gasteiger partial charge in [-0.25, -0.2) is 13.4 Å². The maximum Gasteiger partial charge on any atom is 0.251 e. The first-order valence-electron chi connectivity index (χ1n) is 10.2. The number of benzene rings is 3. The Morgan fingerprint density at radius 3 is 2.45 bits per heavy atom. The molecule has 0 spiro atoms. The summed E-state index contributed by atoms with van der Waals surface area (Å²) >= 11 is 7.49. The number of carbonyl (C=O) groups excluding carboxylic acids is 1. The molecule has 1 heterocycles. The van der Waals surface area contributed by atoms with Gasteiger partial charge in [-0.05, 0) is 48.9 Å². The SMILES string of the molecule is Cc1sc(CNC(=O)c2cccc(CS(=O)(=O)c3ccccc3)c2)nc1-c1ccc(Cl)cc1. The van der Waals surface area contributed by atoms with Crippen LogP contribution < -0.4 is 5.32 Å². The fraction of sp³-hybridized carbons (Fsp3) is 0.120. The van der Waals surface area contributed by atoms with Crippen LogP contribution in [0.25, 0.3) is 11.3 Å². The Morgan fingerprint density at radius 2 is 1.73 bits per heavy atom. The van der Waals surface area contributed by atoms with Gasteiger partial charge in [-0.15, -0.1) is 11.3 Å². The van der Waals surface area contributed by atoms with E-state index in [1.54, 1.807) is 54.6 Å². The van der Waals surface area contributed by atoms with E-state index in [-0.39, 0.29) is 23.1 Å². The number of rotatable bonds is 7. The second-order valence-electron chi connectivity index (χ2n) is 7.47. The van der Waals surface area contributed by atoms with Crippen LogP contribution in [0.3, 0.4) is 0 Å². The van der Waals surface area contributed by atoms with Crippen molar-refractivity contribution in [3.8, 4) is 11.3 Å². The molecule has 0 saturated heterocycles. The van der Waals surface area contributed by atoms with Gasteiger partial charge >= 0.3 is 0 Å². The van der Waals surface area contributed by atoms with Crippen LogP contribution in [-0.4, -0.2) is 19.3 Å². The minimum absolute atomic E-state index is 0.172. The average Bonchev–Trinajstić information content (AvgIpc) is 3.19. The largest absolute Gasteiger partial charge is 0.346 e. The number of hydrogen-bond donors (Lipinski definition) is 1. The Kier molecular flexibility index (Phi) is 6.93. The molecule has 5 nitrogen and oxygen atoms in total. The first-order chi connectivity index (χ1) is 15.8. The minimum atomic E-state index is -3.49.